The summed E-state index contributed by atoms with van der Waals surface area (Å²) in [6.07, 6.45) is 1.14. The molecule has 2 nitrogen and oxygen atoms in total. The first kappa shape index (κ1) is 12.4. The molecule has 0 saturated heterocycles. The van der Waals surface area contributed by atoms with Gasteiger partial charge in [-0.3, -0.25) is 0 Å². The molecule has 1 aromatic carbocycles. The molecule has 76 valence electrons. The van der Waals surface area contributed by atoms with Crippen LogP contribution >= 0.6 is 0 Å². The minimum atomic E-state index is -0.935. The van der Waals surface area contributed by atoms with E-state index >= 15 is 0 Å². The van der Waals surface area contributed by atoms with E-state index in [1.165, 1.54) is 12.5 Å². The van der Waals surface area contributed by atoms with Crippen molar-refractivity contribution in [3.05, 3.63) is 48.0 Å². The highest BCUT2D eigenvalue weighted by Crippen LogP contribution is 1.96. The maximum Gasteiger partial charge on any atom is 0.330 e. The predicted octanol–water partition coefficient (Wildman–Crippen LogP) is 2.90. The number of hydrogen-bond acceptors (Lipinski definition) is 1. The highest BCUT2D eigenvalue weighted by molar-refractivity contribution is 5.84. The first-order valence-electron chi connectivity index (χ1n) is 4.50. The summed E-state index contributed by atoms with van der Waals surface area (Å²) in [5, 5.41) is 7.89. The fourth-order valence-electron chi connectivity index (χ4n) is 0.714. The second-order valence-electron chi connectivity index (χ2n) is 2.92. The van der Waals surface area contributed by atoms with Crippen LogP contribution < -0.4 is 0 Å². The number of carboxylic acid groups (broad SMARTS) is 1. The zero-order valence-corrected chi connectivity index (χ0v) is 8.66. The Morgan fingerprint density at radius 2 is 1.79 bits per heavy atom. The SMILES string of the molecule is C=C(C)C(=O)O.CCc1ccccc1. The normalized spacial score (nSPS) is 8.43. The standard InChI is InChI=1S/C8H10.C4H6O2/c1-2-8-6-4-3-5-7-8;1-3(2)4(5)6/h3-7H,2H2,1H3;1H2,2H3,(H,5,6). The van der Waals surface area contributed by atoms with E-state index in [4.69, 9.17) is 5.11 Å². The van der Waals surface area contributed by atoms with Gasteiger partial charge in [-0.2, -0.15) is 0 Å². The fourth-order valence-corrected chi connectivity index (χ4v) is 0.714. The molecule has 0 radical (unpaired) electrons. The number of benzene rings is 1. The molecular weight excluding hydrogens is 176 g/mol. The summed E-state index contributed by atoms with van der Waals surface area (Å²) in [6, 6.07) is 10.5. The predicted molar refractivity (Wildman–Crippen MR) is 58.3 cm³/mol. The average molecular weight is 192 g/mol. The Hall–Kier alpha value is -1.57. The van der Waals surface area contributed by atoms with Crippen molar-refractivity contribution in [1.82, 2.24) is 0 Å². The Labute approximate surface area is 84.9 Å². The van der Waals surface area contributed by atoms with Crippen LogP contribution in [0.15, 0.2) is 42.5 Å². The molecule has 0 bridgehead atoms. The van der Waals surface area contributed by atoms with E-state index in [9.17, 15) is 4.79 Å². The van der Waals surface area contributed by atoms with Crippen LogP contribution in [-0.2, 0) is 11.2 Å². The molecule has 2 heteroatoms. The van der Waals surface area contributed by atoms with Crippen LogP contribution in [0.25, 0.3) is 0 Å². The Morgan fingerprint density at radius 3 is 2.00 bits per heavy atom. The number of aryl methyl sites for hydroxylation is 1. The van der Waals surface area contributed by atoms with Gasteiger partial charge in [0.05, 0.1) is 0 Å². The lowest BCUT2D eigenvalue weighted by atomic mass is 10.2. The van der Waals surface area contributed by atoms with Crippen LogP contribution in [0.2, 0.25) is 0 Å². The smallest absolute Gasteiger partial charge is 0.330 e. The lowest BCUT2D eigenvalue weighted by molar-refractivity contribution is -0.132. The summed E-state index contributed by atoms with van der Waals surface area (Å²) in [5.74, 6) is -0.935. The summed E-state index contributed by atoms with van der Waals surface area (Å²) < 4.78 is 0. The van der Waals surface area contributed by atoms with E-state index in [0.717, 1.165) is 6.42 Å². The van der Waals surface area contributed by atoms with Gasteiger partial charge in [0.1, 0.15) is 0 Å². The Morgan fingerprint density at radius 1 is 1.36 bits per heavy atom. The van der Waals surface area contributed by atoms with Crippen molar-refractivity contribution in [2.45, 2.75) is 20.3 Å². The lowest BCUT2D eigenvalue weighted by Crippen LogP contribution is -1.92. The van der Waals surface area contributed by atoms with Crippen LogP contribution in [-0.4, -0.2) is 11.1 Å². The van der Waals surface area contributed by atoms with Crippen molar-refractivity contribution in [2.24, 2.45) is 0 Å². The van der Waals surface area contributed by atoms with E-state index in [-0.39, 0.29) is 5.57 Å². The maximum atomic E-state index is 9.60. The van der Waals surface area contributed by atoms with E-state index in [2.05, 4.69) is 37.8 Å². The van der Waals surface area contributed by atoms with Crippen molar-refractivity contribution >= 4 is 5.97 Å². The minimum Gasteiger partial charge on any atom is -0.478 e. The number of carbonyl (C=O) groups is 1. The van der Waals surface area contributed by atoms with Gasteiger partial charge in [0.2, 0.25) is 0 Å². The molecule has 0 unspecified atom stereocenters. The van der Waals surface area contributed by atoms with Crippen molar-refractivity contribution in [1.29, 1.82) is 0 Å². The zero-order chi connectivity index (χ0) is 11.0. The maximum absolute atomic E-state index is 9.60. The van der Waals surface area contributed by atoms with Gasteiger partial charge in [-0.05, 0) is 18.9 Å². The molecule has 0 aliphatic rings. The second kappa shape index (κ2) is 6.89. The Balaban J connectivity index is 0.000000255. The molecule has 1 aromatic rings. The summed E-state index contributed by atoms with van der Waals surface area (Å²) in [4.78, 5) is 9.60. The molecule has 14 heavy (non-hydrogen) atoms. The molecule has 0 atom stereocenters. The molecule has 0 amide bonds. The Bertz CT molecular complexity index is 276. The summed E-state index contributed by atoms with van der Waals surface area (Å²) in [6.45, 7) is 6.76. The molecular formula is C12H16O2. The number of hydrogen-bond donors (Lipinski definition) is 1. The quantitative estimate of drug-likeness (QED) is 0.731. The monoisotopic (exact) mass is 192 g/mol. The third-order valence-electron chi connectivity index (χ3n) is 1.62. The third kappa shape index (κ3) is 6.00. The van der Waals surface area contributed by atoms with Crippen molar-refractivity contribution in [2.75, 3.05) is 0 Å². The highest BCUT2D eigenvalue weighted by atomic mass is 16.4. The van der Waals surface area contributed by atoms with Gasteiger partial charge < -0.3 is 5.11 Å². The first-order chi connectivity index (χ1) is 6.57. The minimum absolute atomic E-state index is 0.176. The van der Waals surface area contributed by atoms with Crippen LogP contribution in [0.3, 0.4) is 0 Å². The van der Waals surface area contributed by atoms with Crippen molar-refractivity contribution < 1.29 is 9.90 Å². The zero-order valence-electron chi connectivity index (χ0n) is 8.66. The molecule has 0 aliphatic carbocycles. The molecule has 0 fully saturated rings. The molecule has 0 saturated carbocycles. The van der Waals surface area contributed by atoms with Gasteiger partial charge in [-0.1, -0.05) is 43.8 Å². The van der Waals surface area contributed by atoms with Gasteiger partial charge in [0.25, 0.3) is 0 Å². The Kier molecular flexibility index (Phi) is 6.12. The second-order valence-corrected chi connectivity index (χ2v) is 2.92. The third-order valence-corrected chi connectivity index (χ3v) is 1.62. The van der Waals surface area contributed by atoms with Crippen molar-refractivity contribution in [3.8, 4) is 0 Å². The van der Waals surface area contributed by atoms with E-state index in [0.29, 0.717) is 0 Å². The van der Waals surface area contributed by atoms with Gasteiger partial charge in [-0.25, -0.2) is 4.79 Å². The topological polar surface area (TPSA) is 37.3 Å². The van der Waals surface area contributed by atoms with E-state index < -0.39 is 5.97 Å². The van der Waals surface area contributed by atoms with Crippen LogP contribution in [0.1, 0.15) is 19.4 Å². The first-order valence-corrected chi connectivity index (χ1v) is 4.50. The largest absolute Gasteiger partial charge is 0.478 e. The van der Waals surface area contributed by atoms with Crippen LogP contribution in [0, 0.1) is 0 Å². The summed E-state index contributed by atoms with van der Waals surface area (Å²) in [7, 11) is 0. The fraction of sp³-hybridized carbons (Fsp3) is 0.250. The molecule has 1 rings (SSSR count). The molecule has 0 aromatic heterocycles. The number of rotatable bonds is 2. The summed E-state index contributed by atoms with van der Waals surface area (Å²) >= 11 is 0. The van der Waals surface area contributed by atoms with Gasteiger partial charge in [0, 0.05) is 5.57 Å². The summed E-state index contributed by atoms with van der Waals surface area (Å²) in [5.41, 5.74) is 1.59. The number of carboxylic acids is 1. The highest BCUT2D eigenvalue weighted by Gasteiger charge is 1.90. The van der Waals surface area contributed by atoms with Crippen LogP contribution in [0.5, 0.6) is 0 Å². The molecule has 0 aliphatic heterocycles. The van der Waals surface area contributed by atoms with Gasteiger partial charge >= 0.3 is 5.97 Å². The molecule has 0 spiro atoms. The number of aliphatic carboxylic acids is 1. The van der Waals surface area contributed by atoms with Crippen molar-refractivity contribution in [3.63, 3.8) is 0 Å². The molecule has 0 heterocycles. The lowest BCUT2D eigenvalue weighted by Gasteiger charge is -1.89. The average Bonchev–Trinajstić information content (AvgIpc) is 2.20. The van der Waals surface area contributed by atoms with E-state index in [1.807, 2.05) is 6.07 Å². The van der Waals surface area contributed by atoms with Gasteiger partial charge in [0.15, 0.2) is 0 Å². The van der Waals surface area contributed by atoms with Gasteiger partial charge in [-0.15, -0.1) is 0 Å². The van der Waals surface area contributed by atoms with Crippen LogP contribution in [0.4, 0.5) is 0 Å². The molecule has 1 N–H and O–H groups in total. The van der Waals surface area contributed by atoms with E-state index in [1.54, 1.807) is 0 Å².